The van der Waals surface area contributed by atoms with Gasteiger partial charge < -0.3 is 9.80 Å². The van der Waals surface area contributed by atoms with E-state index in [2.05, 4.69) is 14.3 Å². The molecule has 2 aliphatic heterocycles. The van der Waals surface area contributed by atoms with Gasteiger partial charge in [0.25, 0.3) is 10.0 Å². The summed E-state index contributed by atoms with van der Waals surface area (Å²) < 4.78 is 29.4. The molecule has 0 aliphatic carbocycles. The molecule has 1 aromatic carbocycles. The molecular formula is C19H19ClN4O2S. The molecule has 6 nitrogen and oxygen atoms in total. The fraction of sp³-hybridized carbons (Fsp3) is 0.263. The van der Waals surface area contributed by atoms with Crippen molar-refractivity contribution in [3.05, 3.63) is 64.8 Å². The quantitative estimate of drug-likeness (QED) is 0.772. The van der Waals surface area contributed by atoms with Crippen molar-refractivity contribution < 1.29 is 8.42 Å². The number of benzene rings is 1. The zero-order valence-corrected chi connectivity index (χ0v) is 16.4. The molecule has 1 saturated heterocycles. The highest BCUT2D eigenvalue weighted by Crippen LogP contribution is 2.34. The van der Waals surface area contributed by atoms with Crippen molar-refractivity contribution >= 4 is 38.2 Å². The topological polar surface area (TPSA) is 65.9 Å². The van der Waals surface area contributed by atoms with E-state index in [1.165, 1.54) is 0 Å². The number of hydrogen-bond acceptors (Lipinski definition) is 5. The molecule has 27 heavy (non-hydrogen) atoms. The fourth-order valence-corrected chi connectivity index (χ4v) is 5.17. The highest BCUT2D eigenvalue weighted by atomic mass is 35.5. The van der Waals surface area contributed by atoms with Crippen LogP contribution in [-0.2, 0) is 10.0 Å². The molecular weight excluding hydrogens is 384 g/mol. The van der Waals surface area contributed by atoms with Crippen LogP contribution in [0.3, 0.4) is 0 Å². The van der Waals surface area contributed by atoms with Crippen LogP contribution < -0.4 is 4.90 Å². The van der Waals surface area contributed by atoms with E-state index in [1.54, 1.807) is 30.5 Å². The Balaban J connectivity index is 1.58. The van der Waals surface area contributed by atoms with Crippen LogP contribution in [0.15, 0.2) is 58.6 Å². The molecule has 1 aromatic heterocycles. The molecule has 0 spiro atoms. The molecule has 2 aromatic rings. The largest absolute Gasteiger partial charge is 0.353 e. The Hall–Kier alpha value is -2.38. The van der Waals surface area contributed by atoms with Crippen LogP contribution >= 0.6 is 11.6 Å². The van der Waals surface area contributed by atoms with Gasteiger partial charge in [0, 0.05) is 43.0 Å². The van der Waals surface area contributed by atoms with Gasteiger partial charge in [0.15, 0.2) is 0 Å². The normalized spacial score (nSPS) is 19.4. The van der Waals surface area contributed by atoms with Gasteiger partial charge in [0.2, 0.25) is 0 Å². The van der Waals surface area contributed by atoms with Crippen LogP contribution in [0.5, 0.6) is 0 Å². The summed E-state index contributed by atoms with van der Waals surface area (Å²) >= 11 is 6.05. The molecule has 1 fully saturated rings. The van der Waals surface area contributed by atoms with Crippen LogP contribution in [0, 0.1) is 0 Å². The maximum atomic E-state index is 12.7. The third-order valence-corrected chi connectivity index (χ3v) is 6.49. The van der Waals surface area contributed by atoms with Crippen LogP contribution in [0.2, 0.25) is 5.02 Å². The third-order valence-electron chi connectivity index (χ3n) is 4.78. The van der Waals surface area contributed by atoms with Crippen molar-refractivity contribution in [2.45, 2.75) is 6.92 Å². The smallest absolute Gasteiger partial charge is 0.285 e. The van der Waals surface area contributed by atoms with Gasteiger partial charge in [-0.3, -0.25) is 0 Å². The maximum Gasteiger partial charge on any atom is 0.285 e. The van der Waals surface area contributed by atoms with Gasteiger partial charge in [-0.2, -0.15) is 8.42 Å². The molecule has 0 bridgehead atoms. The average Bonchev–Trinajstić information content (AvgIpc) is 2.91. The molecule has 0 N–H and O–H groups in total. The summed E-state index contributed by atoms with van der Waals surface area (Å²) in [4.78, 5) is 8.85. The highest BCUT2D eigenvalue weighted by molar-refractivity contribution is 8.00. The number of pyridine rings is 1. The number of hydrogen-bond donors (Lipinski definition) is 0. The van der Waals surface area contributed by atoms with Gasteiger partial charge in [-0.15, -0.1) is 4.40 Å². The zero-order chi connectivity index (χ0) is 19.0. The predicted molar refractivity (Wildman–Crippen MR) is 108 cm³/mol. The number of anilines is 1. The van der Waals surface area contributed by atoms with Gasteiger partial charge in [0.1, 0.15) is 16.6 Å². The van der Waals surface area contributed by atoms with Crippen molar-refractivity contribution in [2.75, 3.05) is 31.1 Å². The number of nitrogens with zero attached hydrogens (tertiary/aromatic N) is 4. The first-order chi connectivity index (χ1) is 13.0. The summed E-state index contributed by atoms with van der Waals surface area (Å²) in [5, 5.41) is 0.500. The first-order valence-electron chi connectivity index (χ1n) is 8.69. The standard InChI is InChI=1S/C19H19ClN4O2S/c1-14-18(15-5-4-6-16(20)13-15)27(25,26)22-19(14)24-11-9-23(10-12-24)17-7-2-3-8-21-17/h2-8,13H,9-12H2,1H3. The lowest BCUT2D eigenvalue weighted by Gasteiger charge is -2.36. The Morgan fingerprint density at radius 1 is 1.00 bits per heavy atom. The number of piperazine rings is 1. The monoisotopic (exact) mass is 402 g/mol. The second kappa shape index (κ2) is 6.98. The van der Waals surface area contributed by atoms with Crippen LogP contribution in [-0.4, -0.2) is 50.3 Å². The summed E-state index contributed by atoms with van der Waals surface area (Å²) in [5.74, 6) is 1.47. The number of aromatic nitrogens is 1. The Bertz CT molecular complexity index is 1030. The van der Waals surface area contributed by atoms with Gasteiger partial charge >= 0.3 is 0 Å². The van der Waals surface area contributed by atoms with E-state index in [9.17, 15) is 8.42 Å². The van der Waals surface area contributed by atoms with Gasteiger partial charge in [-0.25, -0.2) is 4.98 Å². The SMILES string of the molecule is CC1=C(c2cccc(Cl)c2)S(=O)(=O)N=C1N1CCN(c2ccccn2)CC1. The van der Waals surface area contributed by atoms with Crippen LogP contribution in [0.1, 0.15) is 12.5 Å². The number of sulfonamides is 1. The molecule has 0 amide bonds. The molecule has 0 atom stereocenters. The Morgan fingerprint density at radius 3 is 2.41 bits per heavy atom. The molecule has 4 rings (SSSR count). The van der Waals surface area contributed by atoms with Crippen molar-refractivity contribution in [2.24, 2.45) is 4.40 Å². The third kappa shape index (κ3) is 3.44. The molecule has 0 unspecified atom stereocenters. The summed E-state index contributed by atoms with van der Waals surface area (Å²) in [7, 11) is -3.73. The minimum atomic E-state index is -3.73. The van der Waals surface area contributed by atoms with Gasteiger partial charge in [0.05, 0.1) is 0 Å². The lowest BCUT2D eigenvalue weighted by Crippen LogP contribution is -2.49. The van der Waals surface area contributed by atoms with E-state index in [-0.39, 0.29) is 4.91 Å². The van der Waals surface area contributed by atoms with Crippen molar-refractivity contribution in [3.8, 4) is 0 Å². The van der Waals surface area contributed by atoms with Crippen LogP contribution in [0.25, 0.3) is 4.91 Å². The second-order valence-corrected chi connectivity index (χ2v) is 8.49. The Kier molecular flexibility index (Phi) is 4.65. The van der Waals surface area contributed by atoms with Gasteiger partial charge in [-0.05, 0) is 36.8 Å². The summed E-state index contributed by atoms with van der Waals surface area (Å²) in [6.07, 6.45) is 1.78. The molecule has 0 radical (unpaired) electrons. The molecule has 3 heterocycles. The average molecular weight is 403 g/mol. The van der Waals surface area contributed by atoms with E-state index in [0.29, 0.717) is 35.1 Å². The van der Waals surface area contributed by atoms with Crippen molar-refractivity contribution in [1.82, 2.24) is 9.88 Å². The number of rotatable bonds is 2. The van der Waals surface area contributed by atoms with Crippen molar-refractivity contribution in [3.63, 3.8) is 0 Å². The van der Waals surface area contributed by atoms with E-state index in [0.717, 1.165) is 18.9 Å². The van der Waals surface area contributed by atoms with E-state index in [1.807, 2.05) is 30.0 Å². The first-order valence-corrected chi connectivity index (χ1v) is 10.5. The minimum Gasteiger partial charge on any atom is -0.353 e. The Labute approximate surface area is 163 Å². The summed E-state index contributed by atoms with van der Waals surface area (Å²) in [5.41, 5.74) is 1.24. The summed E-state index contributed by atoms with van der Waals surface area (Å²) in [6.45, 7) is 4.70. The lowest BCUT2D eigenvalue weighted by atomic mass is 10.1. The van der Waals surface area contributed by atoms with E-state index in [4.69, 9.17) is 11.6 Å². The summed E-state index contributed by atoms with van der Waals surface area (Å²) in [6, 6.07) is 12.7. The highest BCUT2D eigenvalue weighted by Gasteiger charge is 2.34. The number of amidine groups is 1. The van der Waals surface area contributed by atoms with Crippen molar-refractivity contribution in [1.29, 1.82) is 0 Å². The fourth-order valence-electron chi connectivity index (χ4n) is 3.50. The van der Waals surface area contributed by atoms with Gasteiger partial charge in [-0.1, -0.05) is 29.8 Å². The second-order valence-electron chi connectivity index (χ2n) is 6.52. The van der Waals surface area contributed by atoms with Crippen LogP contribution in [0.4, 0.5) is 5.82 Å². The molecule has 0 saturated carbocycles. The zero-order valence-electron chi connectivity index (χ0n) is 14.8. The molecule has 140 valence electrons. The lowest BCUT2D eigenvalue weighted by molar-refractivity contribution is 0.385. The van der Waals surface area contributed by atoms with E-state index >= 15 is 0 Å². The number of halogens is 1. The first kappa shape index (κ1) is 18.0. The molecule has 8 heteroatoms. The predicted octanol–water partition coefficient (Wildman–Crippen LogP) is 3.03. The minimum absolute atomic E-state index is 0.243. The van der Waals surface area contributed by atoms with E-state index < -0.39 is 10.0 Å². The maximum absolute atomic E-state index is 12.7. The molecule has 2 aliphatic rings. The Morgan fingerprint density at radius 2 is 1.74 bits per heavy atom.